The minimum atomic E-state index is -0.856. The second-order valence-corrected chi connectivity index (χ2v) is 8.14. The Hall–Kier alpha value is -0.310. The van der Waals surface area contributed by atoms with Crippen molar-refractivity contribution < 1.29 is 39.5 Å². The SMILES string of the molecule is CC(C)c1ccc2c(c1)CCC1C(C)(C(=O)[O-])CCCC21C.[Na+]. The zero-order valence-corrected chi connectivity index (χ0v) is 17.2. The van der Waals surface area contributed by atoms with Crippen LogP contribution in [0, 0.1) is 11.3 Å². The van der Waals surface area contributed by atoms with Gasteiger partial charge in [-0.15, -0.1) is 0 Å². The van der Waals surface area contributed by atoms with E-state index >= 15 is 0 Å². The summed E-state index contributed by atoms with van der Waals surface area (Å²) in [5, 5.41) is 11.8. The predicted octanol–water partition coefficient (Wildman–Crippen LogP) is 0.574. The maximum absolute atomic E-state index is 11.8. The van der Waals surface area contributed by atoms with Crippen LogP contribution in [0.15, 0.2) is 18.2 Å². The molecule has 0 saturated heterocycles. The van der Waals surface area contributed by atoms with Gasteiger partial charge in [0, 0.05) is 11.4 Å². The molecule has 0 N–H and O–H groups in total. The van der Waals surface area contributed by atoms with Gasteiger partial charge in [-0.1, -0.05) is 52.3 Å². The smallest absolute Gasteiger partial charge is 0.550 e. The summed E-state index contributed by atoms with van der Waals surface area (Å²) >= 11 is 0. The number of fused-ring (bicyclic) bond motifs is 3. The van der Waals surface area contributed by atoms with E-state index in [4.69, 9.17) is 0 Å². The summed E-state index contributed by atoms with van der Waals surface area (Å²) in [6.45, 7) is 8.65. The Morgan fingerprint density at radius 2 is 1.96 bits per heavy atom. The van der Waals surface area contributed by atoms with Crippen molar-refractivity contribution in [2.75, 3.05) is 0 Å². The quantitative estimate of drug-likeness (QED) is 0.747. The van der Waals surface area contributed by atoms with Crippen molar-refractivity contribution >= 4 is 5.97 Å². The van der Waals surface area contributed by atoms with Gasteiger partial charge in [0.1, 0.15) is 0 Å². The number of aryl methyl sites for hydroxylation is 1. The summed E-state index contributed by atoms with van der Waals surface area (Å²) in [5.74, 6) is -0.127. The van der Waals surface area contributed by atoms with E-state index in [-0.39, 0.29) is 40.9 Å². The molecule has 1 fully saturated rings. The minimum absolute atomic E-state index is 0. The largest absolute Gasteiger partial charge is 1.00 e. The van der Waals surface area contributed by atoms with Crippen molar-refractivity contribution in [2.45, 2.75) is 71.1 Å². The zero-order valence-electron chi connectivity index (χ0n) is 15.2. The van der Waals surface area contributed by atoms with E-state index in [1.807, 2.05) is 6.92 Å². The van der Waals surface area contributed by atoms with Crippen molar-refractivity contribution in [1.29, 1.82) is 0 Å². The summed E-state index contributed by atoms with van der Waals surface area (Å²) in [5.41, 5.74) is 3.52. The number of carbonyl (C=O) groups excluding carboxylic acids is 1. The van der Waals surface area contributed by atoms with Crippen LogP contribution in [-0.2, 0) is 16.6 Å². The van der Waals surface area contributed by atoms with Gasteiger partial charge in [0.2, 0.25) is 0 Å². The molecule has 3 unspecified atom stereocenters. The first-order chi connectivity index (χ1) is 10.3. The van der Waals surface area contributed by atoms with Gasteiger partial charge < -0.3 is 9.90 Å². The number of aliphatic carboxylic acids is 1. The van der Waals surface area contributed by atoms with Gasteiger partial charge in [0.25, 0.3) is 0 Å². The standard InChI is InChI=1S/C20H28O2.Na/c1-13(2)14-6-8-16-15(12-14)7-9-17-19(16,3)10-5-11-20(17,4)18(21)22;/h6,8,12-13,17H,5,7,9-11H2,1-4H3,(H,21,22);/q;+1/p-1. The maximum Gasteiger partial charge on any atom is 1.00 e. The zero-order chi connectivity index (χ0) is 16.1. The molecule has 1 saturated carbocycles. The Labute approximate surface area is 162 Å². The average molecular weight is 322 g/mol. The average Bonchev–Trinajstić information content (AvgIpc) is 2.46. The van der Waals surface area contributed by atoms with Crippen LogP contribution < -0.4 is 34.7 Å². The summed E-state index contributed by atoms with van der Waals surface area (Å²) in [6, 6.07) is 6.87. The summed E-state index contributed by atoms with van der Waals surface area (Å²) in [4.78, 5) is 11.8. The van der Waals surface area contributed by atoms with Crippen LogP contribution in [-0.4, -0.2) is 5.97 Å². The molecule has 2 nitrogen and oxygen atoms in total. The molecule has 3 rings (SSSR count). The van der Waals surface area contributed by atoms with Crippen LogP contribution in [0.3, 0.4) is 0 Å². The first kappa shape index (κ1) is 19.0. The Balaban J connectivity index is 0.00000192. The van der Waals surface area contributed by atoms with E-state index in [0.29, 0.717) is 5.92 Å². The van der Waals surface area contributed by atoms with E-state index in [0.717, 1.165) is 32.1 Å². The van der Waals surface area contributed by atoms with Crippen LogP contribution >= 0.6 is 0 Å². The third-order valence-corrected chi connectivity index (χ3v) is 6.51. The second kappa shape index (κ2) is 6.54. The van der Waals surface area contributed by atoms with Gasteiger partial charge in [0.05, 0.1) is 0 Å². The maximum atomic E-state index is 11.8. The van der Waals surface area contributed by atoms with Gasteiger partial charge in [-0.05, 0) is 59.6 Å². The Morgan fingerprint density at radius 3 is 2.57 bits per heavy atom. The number of benzene rings is 1. The molecule has 120 valence electrons. The molecule has 0 radical (unpaired) electrons. The molecule has 0 aromatic heterocycles. The number of carbonyl (C=O) groups is 1. The third-order valence-electron chi connectivity index (χ3n) is 6.51. The molecule has 23 heavy (non-hydrogen) atoms. The van der Waals surface area contributed by atoms with E-state index < -0.39 is 11.4 Å². The van der Waals surface area contributed by atoms with Crippen LogP contribution in [0.4, 0.5) is 0 Å². The molecule has 1 aromatic carbocycles. The van der Waals surface area contributed by atoms with E-state index in [1.54, 1.807) is 0 Å². The van der Waals surface area contributed by atoms with Gasteiger partial charge in [-0.2, -0.15) is 0 Å². The van der Waals surface area contributed by atoms with Crippen molar-refractivity contribution in [1.82, 2.24) is 0 Å². The predicted molar refractivity (Wildman–Crippen MR) is 86.7 cm³/mol. The fourth-order valence-electron chi connectivity index (χ4n) is 5.11. The van der Waals surface area contributed by atoms with Crippen LogP contribution in [0.2, 0.25) is 0 Å². The van der Waals surface area contributed by atoms with Gasteiger partial charge in [-0.3, -0.25) is 0 Å². The number of carboxylic acids is 1. The monoisotopic (exact) mass is 322 g/mol. The molecular weight excluding hydrogens is 295 g/mol. The minimum Gasteiger partial charge on any atom is -0.550 e. The molecule has 2 aliphatic carbocycles. The molecule has 3 atom stereocenters. The fourth-order valence-corrected chi connectivity index (χ4v) is 5.11. The van der Waals surface area contributed by atoms with Gasteiger partial charge in [0.15, 0.2) is 0 Å². The van der Waals surface area contributed by atoms with Gasteiger partial charge in [-0.25, -0.2) is 0 Å². The molecule has 1 aromatic rings. The first-order valence-corrected chi connectivity index (χ1v) is 8.64. The molecule has 2 aliphatic rings. The molecule has 0 spiro atoms. The second-order valence-electron chi connectivity index (χ2n) is 8.14. The molecule has 0 heterocycles. The number of rotatable bonds is 2. The van der Waals surface area contributed by atoms with E-state index in [2.05, 4.69) is 39.0 Å². The van der Waals surface area contributed by atoms with Crippen molar-refractivity contribution in [3.05, 3.63) is 34.9 Å². The Bertz CT molecular complexity index is 610. The van der Waals surface area contributed by atoms with E-state index in [1.165, 1.54) is 16.7 Å². The van der Waals surface area contributed by atoms with Crippen molar-refractivity contribution in [3.63, 3.8) is 0 Å². The third kappa shape index (κ3) is 2.92. The molecule has 0 aliphatic heterocycles. The van der Waals surface area contributed by atoms with Crippen molar-refractivity contribution in [2.24, 2.45) is 11.3 Å². The molecule has 0 bridgehead atoms. The molecule has 0 amide bonds. The number of carboxylic acid groups (broad SMARTS) is 1. The Kier molecular flexibility index (Phi) is 5.41. The van der Waals surface area contributed by atoms with Crippen molar-refractivity contribution in [3.8, 4) is 0 Å². The van der Waals surface area contributed by atoms with Crippen LogP contribution in [0.1, 0.15) is 76.0 Å². The number of hydrogen-bond donors (Lipinski definition) is 0. The summed E-state index contributed by atoms with van der Waals surface area (Å²) in [7, 11) is 0. The fraction of sp³-hybridized carbons (Fsp3) is 0.650. The Morgan fingerprint density at radius 1 is 1.26 bits per heavy atom. The summed E-state index contributed by atoms with van der Waals surface area (Å²) in [6.07, 6.45) is 4.79. The normalized spacial score (nSPS) is 32.7. The molecular formula is C20H27NaO2. The summed E-state index contributed by atoms with van der Waals surface area (Å²) < 4.78 is 0. The topological polar surface area (TPSA) is 40.1 Å². The van der Waals surface area contributed by atoms with Gasteiger partial charge >= 0.3 is 29.6 Å². The molecule has 3 heteroatoms. The van der Waals surface area contributed by atoms with Crippen LogP contribution in [0.5, 0.6) is 0 Å². The van der Waals surface area contributed by atoms with E-state index in [9.17, 15) is 9.90 Å². The van der Waals surface area contributed by atoms with Crippen LogP contribution in [0.25, 0.3) is 0 Å². The first-order valence-electron chi connectivity index (χ1n) is 8.64. The number of hydrogen-bond acceptors (Lipinski definition) is 2.